The van der Waals surface area contributed by atoms with Crippen molar-refractivity contribution in [1.82, 2.24) is 19.6 Å². The molecule has 0 saturated heterocycles. The van der Waals surface area contributed by atoms with Crippen LogP contribution in [0.2, 0.25) is 0 Å². The van der Waals surface area contributed by atoms with E-state index in [-0.39, 0.29) is 11.3 Å². The van der Waals surface area contributed by atoms with E-state index in [9.17, 15) is 22.8 Å². The van der Waals surface area contributed by atoms with Gasteiger partial charge in [-0.05, 0) is 48.5 Å². The summed E-state index contributed by atoms with van der Waals surface area (Å²) < 4.78 is 42.0. The molecule has 8 nitrogen and oxygen atoms in total. The van der Waals surface area contributed by atoms with E-state index in [4.69, 9.17) is 11.6 Å². The molecule has 3 aromatic heterocycles. The molecule has 0 aliphatic rings. The van der Waals surface area contributed by atoms with Gasteiger partial charge in [-0.25, -0.2) is 9.50 Å². The molecule has 0 aliphatic heterocycles. The molecule has 0 bridgehead atoms. The zero-order chi connectivity index (χ0) is 27.6. The Morgan fingerprint density at radius 3 is 2.41 bits per heavy atom. The summed E-state index contributed by atoms with van der Waals surface area (Å²) in [6, 6.07) is 16.6. The Kier molecular flexibility index (Phi) is 6.99. The second kappa shape index (κ2) is 10.5. The molecule has 12 heteroatoms. The molecule has 3 heterocycles. The summed E-state index contributed by atoms with van der Waals surface area (Å²) in [5.74, 6) is -1.95. The van der Waals surface area contributed by atoms with Crippen LogP contribution in [0.25, 0.3) is 28.2 Å². The first-order valence-corrected chi connectivity index (χ1v) is 12.0. The van der Waals surface area contributed by atoms with Crippen molar-refractivity contribution in [3.05, 3.63) is 96.4 Å². The molecule has 0 spiro atoms. The highest BCUT2D eigenvalue weighted by atomic mass is 35.5. The highest BCUT2D eigenvalue weighted by Crippen LogP contribution is 2.32. The van der Waals surface area contributed by atoms with Gasteiger partial charge in [0.05, 0.1) is 17.0 Å². The number of halogens is 4. The molecule has 5 rings (SSSR count). The summed E-state index contributed by atoms with van der Waals surface area (Å²) in [6.45, 7) is 0. The lowest BCUT2D eigenvalue weighted by Gasteiger charge is -2.13. The lowest BCUT2D eigenvalue weighted by molar-refractivity contribution is -0.137. The monoisotopic (exact) mass is 550 g/mol. The van der Waals surface area contributed by atoms with Crippen LogP contribution in [0, 0.1) is 0 Å². The van der Waals surface area contributed by atoms with Gasteiger partial charge in [-0.15, -0.1) is 11.6 Å². The standard InChI is InChI=1S/C27H18ClF3N6O2/c28-15-25(38)34-21-12-18(10-19(13-21)27(29,30)31)26(39)35-20-3-1-2-17(11-20)23-6-9-33-24-14-22(36-37(23)24)16-4-7-32-8-5-16/h1-14H,15H2,(H,34,38)(H,35,39). The summed E-state index contributed by atoms with van der Waals surface area (Å²) in [5.41, 5.74) is 2.30. The summed E-state index contributed by atoms with van der Waals surface area (Å²) in [6.07, 6.45) is 0.230. The topological polar surface area (TPSA) is 101 Å². The number of benzene rings is 2. The number of carbonyl (C=O) groups is 2. The molecule has 5 aromatic rings. The maximum Gasteiger partial charge on any atom is 0.416 e. The zero-order valence-corrected chi connectivity index (χ0v) is 20.7. The maximum absolute atomic E-state index is 13.4. The van der Waals surface area contributed by atoms with Gasteiger partial charge in [-0.2, -0.15) is 18.3 Å². The fourth-order valence-corrected chi connectivity index (χ4v) is 3.99. The molecule has 0 fully saturated rings. The second-order valence-corrected chi connectivity index (χ2v) is 8.65. The number of alkyl halides is 4. The summed E-state index contributed by atoms with van der Waals surface area (Å²) >= 11 is 5.45. The van der Waals surface area contributed by atoms with E-state index in [0.717, 1.165) is 17.7 Å². The Balaban J connectivity index is 1.46. The average Bonchev–Trinajstić information content (AvgIpc) is 3.38. The van der Waals surface area contributed by atoms with Crippen molar-refractivity contribution in [2.45, 2.75) is 6.18 Å². The highest BCUT2D eigenvalue weighted by Gasteiger charge is 2.32. The number of amides is 2. The van der Waals surface area contributed by atoms with Gasteiger partial charge in [0.15, 0.2) is 5.65 Å². The fraction of sp³-hybridized carbons (Fsp3) is 0.0741. The minimum Gasteiger partial charge on any atom is -0.325 e. The zero-order valence-electron chi connectivity index (χ0n) is 19.9. The van der Waals surface area contributed by atoms with Gasteiger partial charge in [0, 0.05) is 52.7 Å². The quantitative estimate of drug-likeness (QED) is 0.256. The van der Waals surface area contributed by atoms with Gasteiger partial charge in [0.25, 0.3) is 5.91 Å². The normalized spacial score (nSPS) is 11.4. The van der Waals surface area contributed by atoms with E-state index in [0.29, 0.717) is 34.4 Å². The van der Waals surface area contributed by atoms with Crippen molar-refractivity contribution >= 4 is 40.4 Å². The Morgan fingerprint density at radius 2 is 1.67 bits per heavy atom. The molecule has 0 radical (unpaired) electrons. The molecule has 2 amide bonds. The van der Waals surface area contributed by atoms with E-state index < -0.39 is 29.4 Å². The number of hydrogen-bond acceptors (Lipinski definition) is 5. The number of aromatic nitrogens is 4. The summed E-state index contributed by atoms with van der Waals surface area (Å²) in [7, 11) is 0. The second-order valence-electron chi connectivity index (χ2n) is 8.38. The van der Waals surface area contributed by atoms with Gasteiger partial charge in [-0.1, -0.05) is 12.1 Å². The van der Waals surface area contributed by atoms with Crippen LogP contribution in [0.4, 0.5) is 24.5 Å². The molecule has 2 aromatic carbocycles. The van der Waals surface area contributed by atoms with Gasteiger partial charge >= 0.3 is 6.18 Å². The van der Waals surface area contributed by atoms with Crippen LogP contribution < -0.4 is 10.6 Å². The Hall–Kier alpha value is -4.77. The minimum absolute atomic E-state index is 0.197. The molecule has 39 heavy (non-hydrogen) atoms. The van der Waals surface area contributed by atoms with Crippen molar-refractivity contribution in [2.24, 2.45) is 0 Å². The number of anilines is 2. The summed E-state index contributed by atoms with van der Waals surface area (Å²) in [5, 5.41) is 9.54. The Labute approximate surface area is 224 Å². The number of nitrogens with one attached hydrogen (secondary N) is 2. The Bertz CT molecular complexity index is 1690. The number of nitrogens with zero attached hydrogens (tertiary/aromatic N) is 4. The first-order chi connectivity index (χ1) is 18.7. The third kappa shape index (κ3) is 5.73. The third-order valence-electron chi connectivity index (χ3n) is 5.68. The predicted octanol–water partition coefficient (Wildman–Crippen LogP) is 5.91. The Morgan fingerprint density at radius 1 is 0.872 bits per heavy atom. The highest BCUT2D eigenvalue weighted by molar-refractivity contribution is 6.29. The van der Waals surface area contributed by atoms with Crippen LogP contribution in [0.5, 0.6) is 0 Å². The summed E-state index contributed by atoms with van der Waals surface area (Å²) in [4.78, 5) is 33.0. The number of carbonyl (C=O) groups excluding carboxylic acids is 2. The largest absolute Gasteiger partial charge is 0.416 e. The predicted molar refractivity (Wildman–Crippen MR) is 140 cm³/mol. The van der Waals surface area contributed by atoms with Crippen molar-refractivity contribution in [3.8, 4) is 22.5 Å². The lowest BCUT2D eigenvalue weighted by atomic mass is 10.1. The van der Waals surface area contributed by atoms with Crippen molar-refractivity contribution in [1.29, 1.82) is 0 Å². The number of hydrogen-bond donors (Lipinski definition) is 2. The van der Waals surface area contributed by atoms with Crippen molar-refractivity contribution < 1.29 is 22.8 Å². The van der Waals surface area contributed by atoms with E-state index in [1.807, 2.05) is 24.3 Å². The van der Waals surface area contributed by atoms with Crippen LogP contribution in [0.3, 0.4) is 0 Å². The number of pyridine rings is 1. The SMILES string of the molecule is O=C(CCl)Nc1cc(C(=O)Nc2cccc(-c3ccnc4cc(-c5ccncc5)nn34)c2)cc(C(F)(F)F)c1. The van der Waals surface area contributed by atoms with Crippen LogP contribution in [-0.2, 0) is 11.0 Å². The molecule has 0 unspecified atom stereocenters. The molecule has 0 saturated carbocycles. The van der Waals surface area contributed by atoms with Gasteiger partial charge in [0.2, 0.25) is 5.91 Å². The molecule has 0 atom stereocenters. The molecule has 196 valence electrons. The average molecular weight is 551 g/mol. The van der Waals surface area contributed by atoms with Crippen LogP contribution in [0.1, 0.15) is 15.9 Å². The van der Waals surface area contributed by atoms with E-state index in [2.05, 4.69) is 25.7 Å². The number of rotatable bonds is 6. The first-order valence-electron chi connectivity index (χ1n) is 11.5. The first kappa shape index (κ1) is 25.9. The van der Waals surface area contributed by atoms with Gasteiger partial charge in [-0.3, -0.25) is 14.6 Å². The van der Waals surface area contributed by atoms with Crippen molar-refractivity contribution in [2.75, 3.05) is 16.5 Å². The maximum atomic E-state index is 13.4. The number of fused-ring (bicyclic) bond motifs is 1. The minimum atomic E-state index is -4.73. The van der Waals surface area contributed by atoms with Crippen LogP contribution in [0.15, 0.2) is 85.3 Å². The molecular formula is C27H18ClF3N6O2. The molecular weight excluding hydrogens is 533 g/mol. The van der Waals surface area contributed by atoms with Gasteiger partial charge in [0.1, 0.15) is 5.88 Å². The van der Waals surface area contributed by atoms with E-state index in [1.165, 1.54) is 0 Å². The van der Waals surface area contributed by atoms with Crippen LogP contribution in [-0.4, -0.2) is 37.3 Å². The smallest absolute Gasteiger partial charge is 0.325 e. The molecule has 2 N–H and O–H groups in total. The fourth-order valence-electron chi connectivity index (χ4n) is 3.93. The molecule has 0 aliphatic carbocycles. The van der Waals surface area contributed by atoms with E-state index in [1.54, 1.807) is 47.4 Å². The van der Waals surface area contributed by atoms with Gasteiger partial charge < -0.3 is 10.6 Å². The van der Waals surface area contributed by atoms with Crippen molar-refractivity contribution in [3.63, 3.8) is 0 Å². The third-order valence-corrected chi connectivity index (χ3v) is 5.92. The van der Waals surface area contributed by atoms with Crippen LogP contribution >= 0.6 is 11.6 Å². The lowest BCUT2D eigenvalue weighted by Crippen LogP contribution is -2.17. The van der Waals surface area contributed by atoms with E-state index >= 15 is 0 Å².